The Bertz CT molecular complexity index is 536. The highest BCUT2D eigenvalue weighted by Crippen LogP contribution is 2.18. The summed E-state index contributed by atoms with van der Waals surface area (Å²) in [6.45, 7) is 0.247. The third kappa shape index (κ3) is 2.82. The van der Waals surface area contributed by atoms with Crippen molar-refractivity contribution in [3.05, 3.63) is 47.1 Å². The molecule has 0 saturated heterocycles. The molecule has 0 aliphatic carbocycles. The van der Waals surface area contributed by atoms with Gasteiger partial charge in [0.15, 0.2) is 11.6 Å². The Kier molecular flexibility index (Phi) is 3.39. The summed E-state index contributed by atoms with van der Waals surface area (Å²) in [7, 11) is 0. The molecule has 17 heavy (non-hydrogen) atoms. The number of hydrogen-bond donors (Lipinski definition) is 2. The first-order valence-electron chi connectivity index (χ1n) is 4.85. The van der Waals surface area contributed by atoms with E-state index in [0.29, 0.717) is 5.56 Å². The molecule has 1 aromatic heterocycles. The number of aromatic hydroxyl groups is 1. The largest absolute Gasteiger partial charge is 0.508 e. The summed E-state index contributed by atoms with van der Waals surface area (Å²) >= 11 is 5.55. The number of nitrogens with zero attached hydrogens (tertiary/aromatic N) is 2. The van der Waals surface area contributed by atoms with Gasteiger partial charge in [-0.25, -0.2) is 9.37 Å². The molecule has 1 aromatic carbocycles. The van der Waals surface area contributed by atoms with Crippen LogP contribution in [0.1, 0.15) is 5.56 Å². The molecule has 0 bridgehead atoms. The van der Waals surface area contributed by atoms with E-state index in [9.17, 15) is 9.50 Å². The molecule has 1 heterocycles. The summed E-state index contributed by atoms with van der Waals surface area (Å²) in [6, 6.07) is 6.77. The summed E-state index contributed by atoms with van der Waals surface area (Å²) < 4.78 is 13.3. The molecule has 0 aliphatic rings. The highest BCUT2D eigenvalue weighted by atomic mass is 35.5. The summed E-state index contributed by atoms with van der Waals surface area (Å²) in [6.07, 6.45) is 0.989. The first-order chi connectivity index (χ1) is 8.16. The fourth-order valence-electron chi connectivity index (χ4n) is 1.31. The number of phenolic OH excluding ortho intramolecular Hbond substituents is 1. The van der Waals surface area contributed by atoms with Crippen LogP contribution in [0.2, 0.25) is 5.28 Å². The smallest absolute Gasteiger partial charge is 0.224 e. The maximum absolute atomic E-state index is 13.3. The van der Waals surface area contributed by atoms with Gasteiger partial charge in [0, 0.05) is 12.1 Å². The quantitative estimate of drug-likeness (QED) is 0.826. The second kappa shape index (κ2) is 4.97. The minimum Gasteiger partial charge on any atom is -0.508 e. The Morgan fingerprint density at radius 2 is 2.12 bits per heavy atom. The number of phenols is 1. The number of rotatable bonds is 3. The van der Waals surface area contributed by atoms with Crippen molar-refractivity contribution in [1.29, 1.82) is 0 Å². The maximum atomic E-state index is 13.3. The van der Waals surface area contributed by atoms with Crippen molar-refractivity contribution in [2.75, 3.05) is 5.32 Å². The molecule has 0 amide bonds. The molecule has 6 heteroatoms. The zero-order valence-electron chi connectivity index (χ0n) is 8.69. The van der Waals surface area contributed by atoms with E-state index in [4.69, 9.17) is 11.6 Å². The molecule has 0 unspecified atom stereocenters. The van der Waals surface area contributed by atoms with Gasteiger partial charge in [0.05, 0.1) is 6.20 Å². The van der Waals surface area contributed by atoms with Crippen LogP contribution >= 0.6 is 11.6 Å². The standard InChI is InChI=1S/C11H9ClFN3O/c12-11-15-6-8(13)10(16-11)14-5-7-3-1-2-4-9(7)17/h1-4,6,17H,5H2,(H,14,15,16). The number of halogens is 2. The van der Waals surface area contributed by atoms with Gasteiger partial charge in [-0.3, -0.25) is 0 Å². The van der Waals surface area contributed by atoms with Crippen LogP contribution in [0.25, 0.3) is 0 Å². The predicted octanol–water partition coefficient (Wildman–Crippen LogP) is 2.59. The molecule has 0 fully saturated rings. The minimum absolute atomic E-state index is 0.00764. The fourth-order valence-corrected chi connectivity index (χ4v) is 1.44. The van der Waals surface area contributed by atoms with Crippen LogP contribution in [0.15, 0.2) is 30.5 Å². The Labute approximate surface area is 102 Å². The van der Waals surface area contributed by atoms with Crippen LogP contribution in [0.4, 0.5) is 10.2 Å². The lowest BCUT2D eigenvalue weighted by Gasteiger charge is -2.07. The summed E-state index contributed by atoms with van der Waals surface area (Å²) in [5, 5.41) is 12.2. The first-order valence-corrected chi connectivity index (χ1v) is 5.23. The second-order valence-electron chi connectivity index (χ2n) is 3.32. The van der Waals surface area contributed by atoms with Crippen LogP contribution in [0.5, 0.6) is 5.75 Å². The number of aromatic nitrogens is 2. The summed E-state index contributed by atoms with van der Waals surface area (Å²) in [5.74, 6) is -0.446. The van der Waals surface area contributed by atoms with Crippen molar-refractivity contribution in [2.24, 2.45) is 0 Å². The van der Waals surface area contributed by atoms with Gasteiger partial charge in [0.1, 0.15) is 5.75 Å². The van der Waals surface area contributed by atoms with E-state index in [1.165, 1.54) is 0 Å². The third-order valence-corrected chi connectivity index (χ3v) is 2.33. The highest BCUT2D eigenvalue weighted by Gasteiger charge is 2.06. The van der Waals surface area contributed by atoms with Crippen LogP contribution in [0, 0.1) is 5.82 Å². The van der Waals surface area contributed by atoms with E-state index >= 15 is 0 Å². The zero-order chi connectivity index (χ0) is 12.3. The van der Waals surface area contributed by atoms with Crippen molar-refractivity contribution in [1.82, 2.24) is 9.97 Å². The van der Waals surface area contributed by atoms with Crippen LogP contribution < -0.4 is 5.32 Å². The van der Waals surface area contributed by atoms with Gasteiger partial charge in [-0.05, 0) is 17.7 Å². The van der Waals surface area contributed by atoms with Gasteiger partial charge in [-0.15, -0.1) is 0 Å². The van der Waals surface area contributed by atoms with Crippen molar-refractivity contribution in [2.45, 2.75) is 6.54 Å². The van der Waals surface area contributed by atoms with Crippen LogP contribution in [-0.2, 0) is 6.54 Å². The molecule has 2 N–H and O–H groups in total. The maximum Gasteiger partial charge on any atom is 0.224 e. The third-order valence-electron chi connectivity index (χ3n) is 2.15. The molecule has 2 aromatic rings. The zero-order valence-corrected chi connectivity index (χ0v) is 9.45. The molecule has 0 radical (unpaired) electrons. The lowest BCUT2D eigenvalue weighted by molar-refractivity contribution is 0.469. The topological polar surface area (TPSA) is 58.0 Å². The van der Waals surface area contributed by atoms with Crippen molar-refractivity contribution >= 4 is 17.4 Å². The monoisotopic (exact) mass is 253 g/mol. The van der Waals surface area contributed by atoms with Crippen LogP contribution in [0.3, 0.4) is 0 Å². The number of para-hydroxylation sites is 1. The van der Waals surface area contributed by atoms with E-state index in [1.807, 2.05) is 0 Å². The van der Waals surface area contributed by atoms with Gasteiger partial charge < -0.3 is 10.4 Å². The van der Waals surface area contributed by atoms with Gasteiger partial charge in [0.2, 0.25) is 5.28 Å². The molecule has 0 aliphatic heterocycles. The van der Waals surface area contributed by atoms with E-state index in [-0.39, 0.29) is 23.4 Å². The van der Waals surface area contributed by atoms with Gasteiger partial charge in [-0.1, -0.05) is 18.2 Å². The average molecular weight is 254 g/mol. The highest BCUT2D eigenvalue weighted by molar-refractivity contribution is 6.28. The number of anilines is 1. The Balaban J connectivity index is 2.12. The average Bonchev–Trinajstić information content (AvgIpc) is 2.32. The van der Waals surface area contributed by atoms with Crippen molar-refractivity contribution in [3.8, 4) is 5.75 Å². The second-order valence-corrected chi connectivity index (χ2v) is 3.66. The molecule has 88 valence electrons. The fraction of sp³-hybridized carbons (Fsp3) is 0.0909. The van der Waals surface area contributed by atoms with Gasteiger partial charge in [-0.2, -0.15) is 4.98 Å². The molecule has 0 spiro atoms. The minimum atomic E-state index is -0.593. The molecule has 0 atom stereocenters. The molecule has 4 nitrogen and oxygen atoms in total. The molecular weight excluding hydrogens is 245 g/mol. The Morgan fingerprint density at radius 1 is 1.35 bits per heavy atom. The van der Waals surface area contributed by atoms with Crippen molar-refractivity contribution < 1.29 is 9.50 Å². The number of hydrogen-bond acceptors (Lipinski definition) is 4. The Morgan fingerprint density at radius 3 is 2.88 bits per heavy atom. The number of nitrogens with one attached hydrogen (secondary N) is 1. The van der Waals surface area contributed by atoms with E-state index in [0.717, 1.165) is 6.20 Å². The summed E-state index contributed by atoms with van der Waals surface area (Å²) in [5.41, 5.74) is 0.640. The lowest BCUT2D eigenvalue weighted by atomic mass is 10.2. The van der Waals surface area contributed by atoms with Crippen molar-refractivity contribution in [3.63, 3.8) is 0 Å². The van der Waals surface area contributed by atoms with Crippen LogP contribution in [-0.4, -0.2) is 15.1 Å². The van der Waals surface area contributed by atoms with Gasteiger partial charge in [0.25, 0.3) is 0 Å². The SMILES string of the molecule is Oc1ccccc1CNc1nc(Cl)ncc1F. The van der Waals surface area contributed by atoms with E-state index in [2.05, 4.69) is 15.3 Å². The molecular formula is C11H9ClFN3O. The van der Waals surface area contributed by atoms with E-state index < -0.39 is 5.82 Å². The first kappa shape index (κ1) is 11.6. The number of benzene rings is 1. The van der Waals surface area contributed by atoms with E-state index in [1.54, 1.807) is 24.3 Å². The summed E-state index contributed by atoms with van der Waals surface area (Å²) in [4.78, 5) is 7.21. The normalized spacial score (nSPS) is 10.2. The van der Waals surface area contributed by atoms with Gasteiger partial charge >= 0.3 is 0 Å². The molecule has 0 saturated carbocycles. The lowest BCUT2D eigenvalue weighted by Crippen LogP contribution is -2.04. The molecule has 2 rings (SSSR count). The predicted molar refractivity (Wildman–Crippen MR) is 62.4 cm³/mol. The Hall–Kier alpha value is -1.88.